The van der Waals surface area contributed by atoms with E-state index in [-0.39, 0.29) is 0 Å². The van der Waals surface area contributed by atoms with E-state index in [0.29, 0.717) is 17.8 Å². The first-order valence-corrected chi connectivity index (χ1v) is 5.97. The van der Waals surface area contributed by atoms with Crippen LogP contribution in [-0.2, 0) is 0 Å². The lowest BCUT2D eigenvalue weighted by Crippen LogP contribution is -2.32. The fourth-order valence-corrected chi connectivity index (χ4v) is 2.29. The number of nitrogens with one attached hydrogen (secondary N) is 1. The van der Waals surface area contributed by atoms with Crippen molar-refractivity contribution in [1.82, 2.24) is 0 Å². The Morgan fingerprint density at radius 2 is 1.94 bits per heavy atom. The summed E-state index contributed by atoms with van der Waals surface area (Å²) < 4.78 is 0. The van der Waals surface area contributed by atoms with Gasteiger partial charge in [-0.2, -0.15) is 0 Å². The van der Waals surface area contributed by atoms with E-state index in [2.05, 4.69) is 5.32 Å². The number of aromatic hydroxyl groups is 1. The van der Waals surface area contributed by atoms with Gasteiger partial charge in [0, 0.05) is 17.8 Å². The van der Waals surface area contributed by atoms with Crippen LogP contribution in [0.3, 0.4) is 0 Å². The average Bonchev–Trinajstić information content (AvgIpc) is 2.25. The predicted octanol–water partition coefficient (Wildman–Crippen LogP) is 2.38. The minimum absolute atomic E-state index is 0.328. The topological polar surface area (TPSA) is 58.3 Å². The van der Waals surface area contributed by atoms with Crippen LogP contribution in [0, 0.1) is 6.92 Å². The fourth-order valence-electron chi connectivity index (χ4n) is 2.29. The Kier molecular flexibility index (Phi) is 3.34. The molecular weight excluding hydrogens is 200 g/mol. The fraction of sp³-hybridized carbons (Fsp3) is 0.538. The van der Waals surface area contributed by atoms with Gasteiger partial charge in [-0.1, -0.05) is 0 Å². The Labute approximate surface area is 96.7 Å². The summed E-state index contributed by atoms with van der Waals surface area (Å²) in [6.45, 7) is 2.01. The van der Waals surface area contributed by atoms with Crippen LogP contribution in [0.5, 0.6) is 5.75 Å². The third-order valence-corrected chi connectivity index (χ3v) is 3.34. The van der Waals surface area contributed by atoms with Gasteiger partial charge in [0.15, 0.2) is 0 Å². The number of phenols is 1. The Bertz CT molecular complexity index is 357. The van der Waals surface area contributed by atoms with Crippen LogP contribution in [0.1, 0.15) is 31.2 Å². The van der Waals surface area contributed by atoms with Crippen LogP contribution >= 0.6 is 0 Å². The van der Waals surface area contributed by atoms with E-state index >= 15 is 0 Å². The van der Waals surface area contributed by atoms with Gasteiger partial charge in [-0.15, -0.1) is 0 Å². The zero-order chi connectivity index (χ0) is 11.5. The molecule has 0 amide bonds. The second-order valence-electron chi connectivity index (χ2n) is 4.76. The van der Waals surface area contributed by atoms with Gasteiger partial charge < -0.3 is 16.2 Å². The van der Waals surface area contributed by atoms with Crippen molar-refractivity contribution in [2.75, 3.05) is 5.32 Å². The molecule has 0 bridgehead atoms. The number of phenolic OH excluding ortho intramolecular Hbond substituents is 1. The molecule has 0 aliphatic heterocycles. The van der Waals surface area contributed by atoms with Gasteiger partial charge in [-0.05, 0) is 56.4 Å². The molecule has 0 radical (unpaired) electrons. The van der Waals surface area contributed by atoms with Crippen LogP contribution < -0.4 is 11.1 Å². The van der Waals surface area contributed by atoms with Crippen molar-refractivity contribution in [3.8, 4) is 5.75 Å². The van der Waals surface area contributed by atoms with Gasteiger partial charge in [-0.25, -0.2) is 0 Å². The maximum absolute atomic E-state index is 9.33. The summed E-state index contributed by atoms with van der Waals surface area (Å²) in [6.07, 6.45) is 4.49. The van der Waals surface area contributed by atoms with Crippen molar-refractivity contribution in [3.05, 3.63) is 23.8 Å². The molecule has 1 aromatic carbocycles. The van der Waals surface area contributed by atoms with Gasteiger partial charge in [0.2, 0.25) is 0 Å². The summed E-state index contributed by atoms with van der Waals surface area (Å²) in [5.41, 5.74) is 8.10. The highest BCUT2D eigenvalue weighted by atomic mass is 16.3. The summed E-state index contributed by atoms with van der Waals surface area (Å²) in [4.78, 5) is 0. The van der Waals surface area contributed by atoms with Crippen LogP contribution in [-0.4, -0.2) is 17.2 Å². The zero-order valence-corrected chi connectivity index (χ0v) is 9.74. The highest BCUT2D eigenvalue weighted by molar-refractivity contribution is 5.53. The molecule has 1 saturated carbocycles. The van der Waals surface area contributed by atoms with Crippen molar-refractivity contribution in [1.29, 1.82) is 0 Å². The first-order chi connectivity index (χ1) is 7.65. The summed E-state index contributed by atoms with van der Waals surface area (Å²) in [6, 6.07) is 6.38. The van der Waals surface area contributed by atoms with Crippen molar-refractivity contribution in [2.24, 2.45) is 5.73 Å². The van der Waals surface area contributed by atoms with E-state index in [0.717, 1.165) is 36.9 Å². The molecular formula is C13H20N2O. The Hall–Kier alpha value is -1.22. The predicted molar refractivity (Wildman–Crippen MR) is 66.7 cm³/mol. The molecule has 1 aromatic rings. The van der Waals surface area contributed by atoms with Crippen molar-refractivity contribution in [2.45, 2.75) is 44.7 Å². The normalized spacial score (nSPS) is 25.4. The van der Waals surface area contributed by atoms with Gasteiger partial charge in [0.1, 0.15) is 5.75 Å². The molecule has 0 heterocycles. The SMILES string of the molecule is Cc1cc(O)ccc1NC1CCC(N)CC1. The lowest BCUT2D eigenvalue weighted by Gasteiger charge is -2.28. The van der Waals surface area contributed by atoms with Crippen LogP contribution in [0.25, 0.3) is 0 Å². The number of benzene rings is 1. The molecule has 2 rings (SSSR count). The number of rotatable bonds is 2. The molecule has 0 aromatic heterocycles. The highest BCUT2D eigenvalue weighted by Crippen LogP contribution is 2.25. The number of nitrogens with two attached hydrogens (primary N) is 1. The molecule has 0 spiro atoms. The molecule has 0 atom stereocenters. The lowest BCUT2D eigenvalue weighted by molar-refractivity contribution is 0.411. The molecule has 16 heavy (non-hydrogen) atoms. The summed E-state index contributed by atoms with van der Waals surface area (Å²) in [7, 11) is 0. The Morgan fingerprint density at radius 1 is 1.25 bits per heavy atom. The van der Waals surface area contributed by atoms with Crippen LogP contribution in [0.15, 0.2) is 18.2 Å². The van der Waals surface area contributed by atoms with E-state index < -0.39 is 0 Å². The smallest absolute Gasteiger partial charge is 0.115 e. The maximum Gasteiger partial charge on any atom is 0.115 e. The Balaban J connectivity index is 1.98. The van der Waals surface area contributed by atoms with E-state index in [4.69, 9.17) is 5.73 Å². The quantitative estimate of drug-likeness (QED) is 0.671. The Morgan fingerprint density at radius 3 is 2.56 bits per heavy atom. The molecule has 3 nitrogen and oxygen atoms in total. The molecule has 3 heteroatoms. The maximum atomic E-state index is 9.33. The van der Waals surface area contributed by atoms with E-state index in [1.165, 1.54) is 0 Å². The first-order valence-electron chi connectivity index (χ1n) is 5.97. The summed E-state index contributed by atoms with van der Waals surface area (Å²) >= 11 is 0. The van der Waals surface area contributed by atoms with Crippen LogP contribution in [0.4, 0.5) is 5.69 Å². The van der Waals surface area contributed by atoms with Crippen LogP contribution in [0.2, 0.25) is 0 Å². The lowest BCUT2D eigenvalue weighted by atomic mass is 9.91. The number of hydrogen-bond donors (Lipinski definition) is 3. The number of anilines is 1. The molecule has 1 fully saturated rings. The van der Waals surface area contributed by atoms with E-state index in [9.17, 15) is 5.11 Å². The molecule has 4 N–H and O–H groups in total. The second kappa shape index (κ2) is 4.74. The molecule has 1 aliphatic carbocycles. The minimum atomic E-state index is 0.328. The van der Waals surface area contributed by atoms with Crippen molar-refractivity contribution < 1.29 is 5.11 Å². The minimum Gasteiger partial charge on any atom is -0.508 e. The molecule has 88 valence electrons. The summed E-state index contributed by atoms with van der Waals surface area (Å²) in [5.74, 6) is 0.328. The highest BCUT2D eigenvalue weighted by Gasteiger charge is 2.18. The number of hydrogen-bond acceptors (Lipinski definition) is 3. The molecule has 0 unspecified atom stereocenters. The standard InChI is InChI=1S/C13H20N2O/c1-9-8-12(16)6-7-13(9)15-11-4-2-10(14)3-5-11/h6-8,10-11,15-16H,2-5,14H2,1H3. The van der Waals surface area contributed by atoms with Gasteiger partial charge >= 0.3 is 0 Å². The average molecular weight is 220 g/mol. The first kappa shape index (κ1) is 11.3. The summed E-state index contributed by atoms with van der Waals surface area (Å²) in [5, 5.41) is 12.9. The third kappa shape index (κ3) is 2.67. The third-order valence-electron chi connectivity index (χ3n) is 3.34. The van der Waals surface area contributed by atoms with Crippen molar-refractivity contribution >= 4 is 5.69 Å². The van der Waals surface area contributed by atoms with E-state index in [1.54, 1.807) is 12.1 Å². The van der Waals surface area contributed by atoms with Gasteiger partial charge in [0.25, 0.3) is 0 Å². The zero-order valence-electron chi connectivity index (χ0n) is 9.74. The largest absolute Gasteiger partial charge is 0.508 e. The second-order valence-corrected chi connectivity index (χ2v) is 4.76. The van der Waals surface area contributed by atoms with E-state index in [1.807, 2.05) is 13.0 Å². The van der Waals surface area contributed by atoms with Crippen molar-refractivity contribution in [3.63, 3.8) is 0 Å². The monoisotopic (exact) mass is 220 g/mol. The van der Waals surface area contributed by atoms with Gasteiger partial charge in [-0.3, -0.25) is 0 Å². The molecule has 1 aliphatic rings. The number of aryl methyl sites for hydroxylation is 1. The van der Waals surface area contributed by atoms with Gasteiger partial charge in [0.05, 0.1) is 0 Å². The molecule has 0 saturated heterocycles.